The summed E-state index contributed by atoms with van der Waals surface area (Å²) in [5, 5.41) is 13.4. The van der Waals surface area contributed by atoms with Gasteiger partial charge >= 0.3 is 0 Å². The third kappa shape index (κ3) is 4.71. The number of nitrogens with two attached hydrogens (primary N) is 1. The van der Waals surface area contributed by atoms with Crippen molar-refractivity contribution in [3.63, 3.8) is 0 Å². The van der Waals surface area contributed by atoms with Crippen LogP contribution >= 0.6 is 11.3 Å². The van der Waals surface area contributed by atoms with E-state index in [1.54, 1.807) is 0 Å². The van der Waals surface area contributed by atoms with Gasteiger partial charge in [-0.3, -0.25) is 0 Å². The first-order valence-electron chi connectivity index (χ1n) is 4.75. The molecule has 0 saturated carbocycles. The number of sulfonamides is 2. The van der Waals surface area contributed by atoms with Gasteiger partial charge in [-0.2, -0.15) is 5.26 Å². The molecule has 0 unspecified atom stereocenters. The van der Waals surface area contributed by atoms with Crippen molar-refractivity contribution in [2.45, 2.75) is 10.6 Å². The van der Waals surface area contributed by atoms with Gasteiger partial charge in [0.25, 0.3) is 0 Å². The van der Waals surface area contributed by atoms with E-state index in [2.05, 4.69) is 4.72 Å². The van der Waals surface area contributed by atoms with Gasteiger partial charge in [0.1, 0.15) is 15.2 Å². The number of hydrogen-bond acceptors (Lipinski definition) is 6. The Morgan fingerprint density at radius 1 is 1.33 bits per heavy atom. The minimum absolute atomic E-state index is 0.0228. The number of thiophene rings is 1. The second-order valence-corrected chi connectivity index (χ2v) is 8.16. The summed E-state index contributed by atoms with van der Waals surface area (Å²) >= 11 is 0.849. The van der Waals surface area contributed by atoms with Crippen molar-refractivity contribution in [3.8, 4) is 6.07 Å². The lowest BCUT2D eigenvalue weighted by molar-refractivity contribution is 0.578. The van der Waals surface area contributed by atoms with Gasteiger partial charge in [0.05, 0.1) is 5.75 Å². The predicted molar refractivity (Wildman–Crippen MR) is 66.8 cm³/mol. The summed E-state index contributed by atoms with van der Waals surface area (Å²) < 4.78 is 46.9. The Labute approximate surface area is 109 Å². The van der Waals surface area contributed by atoms with E-state index in [1.807, 2.05) is 6.07 Å². The SMILES string of the molecule is N#Cc1ccc(S(=O)(=O)NCCCS(N)(=O)=O)s1. The minimum Gasteiger partial charge on any atom is -0.229 e. The van der Waals surface area contributed by atoms with Crippen molar-refractivity contribution in [1.82, 2.24) is 4.72 Å². The molecule has 0 radical (unpaired) electrons. The summed E-state index contributed by atoms with van der Waals surface area (Å²) in [5.41, 5.74) is 0. The molecule has 1 aromatic rings. The second-order valence-electron chi connectivity index (χ2n) is 3.35. The molecule has 0 atom stereocenters. The van der Waals surface area contributed by atoms with Crippen LogP contribution in [-0.4, -0.2) is 29.1 Å². The predicted octanol–water partition coefficient (Wildman–Crippen LogP) is -0.423. The van der Waals surface area contributed by atoms with Crippen LogP contribution in [0.25, 0.3) is 0 Å². The molecule has 1 rings (SSSR count). The monoisotopic (exact) mass is 309 g/mol. The molecule has 0 aromatic carbocycles. The van der Waals surface area contributed by atoms with Crippen molar-refractivity contribution in [1.29, 1.82) is 5.26 Å². The van der Waals surface area contributed by atoms with Gasteiger partial charge in [-0.25, -0.2) is 26.7 Å². The van der Waals surface area contributed by atoms with Gasteiger partial charge in [-0.05, 0) is 18.6 Å². The number of primary sulfonamides is 1. The van der Waals surface area contributed by atoms with Gasteiger partial charge in [-0.1, -0.05) is 0 Å². The lowest BCUT2D eigenvalue weighted by Gasteiger charge is -2.03. The molecule has 10 heteroatoms. The smallest absolute Gasteiger partial charge is 0.229 e. The van der Waals surface area contributed by atoms with Crippen molar-refractivity contribution < 1.29 is 16.8 Å². The molecule has 7 nitrogen and oxygen atoms in total. The fourth-order valence-electron chi connectivity index (χ4n) is 1.08. The van der Waals surface area contributed by atoms with Crippen LogP contribution in [-0.2, 0) is 20.0 Å². The summed E-state index contributed by atoms with van der Waals surface area (Å²) in [6, 6.07) is 4.57. The van der Waals surface area contributed by atoms with Crippen LogP contribution in [0.1, 0.15) is 11.3 Å². The van der Waals surface area contributed by atoms with Crippen molar-refractivity contribution in [3.05, 3.63) is 17.0 Å². The number of nitrogens with one attached hydrogen (secondary N) is 1. The molecular formula is C8H11N3O4S3. The van der Waals surface area contributed by atoms with Crippen LogP contribution in [0.15, 0.2) is 16.3 Å². The maximum atomic E-state index is 11.7. The highest BCUT2D eigenvalue weighted by Crippen LogP contribution is 2.20. The van der Waals surface area contributed by atoms with Gasteiger partial charge < -0.3 is 0 Å². The molecule has 0 spiro atoms. The molecule has 100 valence electrons. The fourth-order valence-corrected chi connectivity index (χ4v) is 3.84. The normalized spacial score (nSPS) is 12.2. The van der Waals surface area contributed by atoms with Crippen LogP contribution in [0.5, 0.6) is 0 Å². The second kappa shape index (κ2) is 5.77. The molecule has 0 fully saturated rings. The quantitative estimate of drug-likeness (QED) is 0.689. The average molecular weight is 309 g/mol. The Morgan fingerprint density at radius 2 is 2.00 bits per heavy atom. The zero-order valence-electron chi connectivity index (χ0n) is 9.16. The summed E-state index contributed by atoms with van der Waals surface area (Å²) in [6.45, 7) is -0.0292. The Morgan fingerprint density at radius 3 is 2.50 bits per heavy atom. The first-order valence-corrected chi connectivity index (χ1v) is 8.76. The van der Waals surface area contributed by atoms with Gasteiger partial charge in [0.2, 0.25) is 20.0 Å². The molecule has 1 aromatic heterocycles. The van der Waals surface area contributed by atoms with Crippen molar-refractivity contribution >= 4 is 31.4 Å². The summed E-state index contributed by atoms with van der Waals surface area (Å²) in [6.07, 6.45) is 0.0918. The molecule has 3 N–H and O–H groups in total. The lowest BCUT2D eigenvalue weighted by atomic mass is 10.5. The number of hydrogen-bond donors (Lipinski definition) is 2. The van der Waals surface area contributed by atoms with Crippen molar-refractivity contribution in [2.75, 3.05) is 12.3 Å². The van der Waals surface area contributed by atoms with Gasteiger partial charge in [0.15, 0.2) is 0 Å². The standard InChI is InChI=1S/C8H11N3O4S3/c9-6-7-2-3-8(16-7)18(14,15)11-4-1-5-17(10,12)13/h2-3,11H,1,4-5H2,(H2,10,12,13). The van der Waals surface area contributed by atoms with E-state index in [1.165, 1.54) is 12.1 Å². The topological polar surface area (TPSA) is 130 Å². The Kier molecular flexibility index (Phi) is 4.83. The molecule has 0 aliphatic carbocycles. The van der Waals surface area contributed by atoms with E-state index in [4.69, 9.17) is 10.4 Å². The van der Waals surface area contributed by atoms with Crippen LogP contribution in [0.3, 0.4) is 0 Å². The first-order chi connectivity index (χ1) is 8.24. The Balaban J connectivity index is 2.58. The van der Waals surface area contributed by atoms with Crippen LogP contribution < -0.4 is 9.86 Å². The average Bonchev–Trinajstić information content (AvgIpc) is 2.72. The zero-order chi connectivity index (χ0) is 13.8. The van der Waals surface area contributed by atoms with E-state index >= 15 is 0 Å². The van der Waals surface area contributed by atoms with E-state index in [0.717, 1.165) is 11.3 Å². The summed E-state index contributed by atoms with van der Waals surface area (Å²) in [5.74, 6) is -0.288. The molecule has 0 aliphatic rings. The molecule has 1 heterocycles. The molecular weight excluding hydrogens is 298 g/mol. The first kappa shape index (κ1) is 15.1. The van der Waals surface area contributed by atoms with E-state index < -0.39 is 20.0 Å². The number of nitriles is 1. The highest BCUT2D eigenvalue weighted by Gasteiger charge is 2.16. The Bertz CT molecular complexity index is 654. The maximum absolute atomic E-state index is 11.7. The van der Waals surface area contributed by atoms with Crippen molar-refractivity contribution in [2.24, 2.45) is 5.14 Å². The fraction of sp³-hybridized carbons (Fsp3) is 0.375. The summed E-state index contributed by atoms with van der Waals surface area (Å²) in [4.78, 5) is 0.292. The molecule has 0 amide bonds. The molecule has 0 aliphatic heterocycles. The zero-order valence-corrected chi connectivity index (χ0v) is 11.6. The lowest BCUT2D eigenvalue weighted by Crippen LogP contribution is -2.27. The number of rotatable bonds is 6. The molecule has 18 heavy (non-hydrogen) atoms. The third-order valence-electron chi connectivity index (χ3n) is 1.85. The maximum Gasteiger partial charge on any atom is 0.250 e. The van der Waals surface area contributed by atoms with Gasteiger partial charge in [0, 0.05) is 6.54 Å². The van der Waals surface area contributed by atoms with E-state index in [-0.39, 0.29) is 22.9 Å². The highest BCUT2D eigenvalue weighted by molar-refractivity contribution is 7.91. The molecule has 0 saturated heterocycles. The molecule has 0 bridgehead atoms. The largest absolute Gasteiger partial charge is 0.250 e. The minimum atomic E-state index is -3.69. The van der Waals surface area contributed by atoms with Crippen LogP contribution in [0.4, 0.5) is 0 Å². The van der Waals surface area contributed by atoms with E-state index in [9.17, 15) is 16.8 Å². The van der Waals surface area contributed by atoms with Crippen LogP contribution in [0.2, 0.25) is 0 Å². The Hall–Kier alpha value is -0.990. The third-order valence-corrected chi connectivity index (χ3v) is 5.65. The highest BCUT2D eigenvalue weighted by atomic mass is 32.2. The van der Waals surface area contributed by atoms with E-state index in [0.29, 0.717) is 4.88 Å². The van der Waals surface area contributed by atoms with Crippen LogP contribution in [0, 0.1) is 11.3 Å². The number of nitrogens with zero attached hydrogens (tertiary/aromatic N) is 1. The summed E-state index contributed by atoms with van der Waals surface area (Å²) in [7, 11) is -7.27. The van der Waals surface area contributed by atoms with Gasteiger partial charge in [-0.15, -0.1) is 11.3 Å².